The van der Waals surface area contributed by atoms with E-state index in [1.165, 1.54) is 4.88 Å². The maximum Gasteiger partial charge on any atom is 0.343 e. The number of anilines is 2. The van der Waals surface area contributed by atoms with Gasteiger partial charge in [-0.3, -0.25) is 0 Å². The Balaban J connectivity index is 1.41. The lowest BCUT2D eigenvalue weighted by Crippen LogP contribution is -2.32. The summed E-state index contributed by atoms with van der Waals surface area (Å²) in [6.45, 7) is 6.63. The van der Waals surface area contributed by atoms with Crippen LogP contribution in [0, 0.1) is 5.82 Å². The van der Waals surface area contributed by atoms with Crippen LogP contribution in [0.2, 0.25) is 0 Å². The van der Waals surface area contributed by atoms with Crippen LogP contribution in [0.1, 0.15) is 30.0 Å². The van der Waals surface area contributed by atoms with E-state index in [9.17, 15) is 9.18 Å². The molecule has 0 aliphatic carbocycles. The molecule has 0 atom stereocenters. The number of pyridine rings is 1. The van der Waals surface area contributed by atoms with Gasteiger partial charge in [-0.15, -0.1) is 11.3 Å². The highest BCUT2D eigenvalue weighted by molar-refractivity contribution is 7.09. The molecule has 5 aromatic rings. The highest BCUT2D eigenvalue weighted by Crippen LogP contribution is 2.24. The molecule has 7 heteroatoms. The SMILES string of the molecule is CCN(CC)c1ccc2cc(/C=C/c3ccc4cc(F)c(NCCc5cccs5)cc4[n+]3C)c(=O)oc2c1. The lowest BCUT2D eigenvalue weighted by atomic mass is 10.1. The van der Waals surface area contributed by atoms with Crippen LogP contribution in [-0.4, -0.2) is 19.6 Å². The largest absolute Gasteiger partial charge is 0.422 e. The van der Waals surface area contributed by atoms with Gasteiger partial charge in [0.2, 0.25) is 11.2 Å². The number of benzene rings is 2. The fourth-order valence-corrected chi connectivity index (χ4v) is 5.41. The Morgan fingerprint density at radius 2 is 1.84 bits per heavy atom. The Morgan fingerprint density at radius 3 is 2.61 bits per heavy atom. The first-order chi connectivity index (χ1) is 18.5. The predicted molar refractivity (Wildman–Crippen MR) is 157 cm³/mol. The van der Waals surface area contributed by atoms with Gasteiger partial charge in [-0.25, -0.2) is 9.18 Å². The number of aryl methyl sites for hydroxylation is 1. The second-order valence-electron chi connectivity index (χ2n) is 9.18. The average Bonchev–Trinajstić information content (AvgIpc) is 3.43. The lowest BCUT2D eigenvalue weighted by molar-refractivity contribution is -0.646. The fraction of sp³-hybridized carbons (Fsp3) is 0.226. The number of aromatic nitrogens is 1. The molecular formula is C31H31FN3O2S+. The van der Waals surface area contributed by atoms with Crippen LogP contribution >= 0.6 is 11.3 Å². The second kappa shape index (κ2) is 11.2. The maximum atomic E-state index is 14.7. The van der Waals surface area contributed by atoms with Gasteiger partial charge in [-0.1, -0.05) is 6.07 Å². The van der Waals surface area contributed by atoms with Crippen molar-refractivity contribution in [2.75, 3.05) is 29.9 Å². The molecule has 0 aliphatic heterocycles. The molecule has 0 radical (unpaired) electrons. The van der Waals surface area contributed by atoms with E-state index in [2.05, 4.69) is 36.2 Å². The maximum absolute atomic E-state index is 14.7. The standard InChI is InChI=1S/C31H30FN3O2S/c1-4-35(5-2)25-13-9-22-17-23(31(36)37-30(22)19-25)10-12-24-11-8-21-18-27(32)28(20-29(21)34(24)3)33-15-14-26-7-6-16-38-26/h6-13,16-20H,4-5,14-15H2,1-3H3/p+1/b12-10+. The van der Waals surface area contributed by atoms with Gasteiger partial charge in [-0.2, -0.15) is 4.57 Å². The molecule has 0 aliphatic rings. The number of halogens is 1. The number of hydrogen-bond donors (Lipinski definition) is 1. The quantitative estimate of drug-likeness (QED) is 0.172. The summed E-state index contributed by atoms with van der Waals surface area (Å²) < 4.78 is 22.4. The number of nitrogens with one attached hydrogen (secondary N) is 1. The lowest BCUT2D eigenvalue weighted by Gasteiger charge is -2.20. The van der Waals surface area contributed by atoms with Crippen molar-refractivity contribution in [2.45, 2.75) is 20.3 Å². The molecule has 5 rings (SSSR count). The molecule has 0 fully saturated rings. The Morgan fingerprint density at radius 1 is 1.03 bits per heavy atom. The van der Waals surface area contributed by atoms with Gasteiger partial charge in [0.1, 0.15) is 18.4 Å². The first-order valence-electron chi connectivity index (χ1n) is 12.9. The minimum atomic E-state index is -0.381. The van der Waals surface area contributed by atoms with Gasteiger partial charge in [0.05, 0.1) is 11.3 Å². The average molecular weight is 529 g/mol. The van der Waals surface area contributed by atoms with Crippen LogP contribution in [0.25, 0.3) is 34.0 Å². The molecule has 5 nitrogen and oxygen atoms in total. The summed E-state index contributed by atoms with van der Waals surface area (Å²) in [5.41, 5.74) is 3.95. The highest BCUT2D eigenvalue weighted by Gasteiger charge is 2.15. The van der Waals surface area contributed by atoms with Gasteiger partial charge >= 0.3 is 5.63 Å². The van der Waals surface area contributed by atoms with Crippen LogP contribution in [0.3, 0.4) is 0 Å². The number of hydrogen-bond acceptors (Lipinski definition) is 5. The van der Waals surface area contributed by atoms with E-state index in [0.29, 0.717) is 23.4 Å². The number of rotatable bonds is 9. The summed E-state index contributed by atoms with van der Waals surface area (Å²) in [6, 6.07) is 19.1. The van der Waals surface area contributed by atoms with E-state index in [-0.39, 0.29) is 11.4 Å². The van der Waals surface area contributed by atoms with Crippen LogP contribution in [0.4, 0.5) is 15.8 Å². The molecule has 0 spiro atoms. The van der Waals surface area contributed by atoms with Crippen molar-refractivity contribution in [1.82, 2.24) is 0 Å². The summed E-state index contributed by atoms with van der Waals surface area (Å²) in [5, 5.41) is 6.96. The van der Waals surface area contributed by atoms with Crippen molar-refractivity contribution in [3.63, 3.8) is 0 Å². The van der Waals surface area contributed by atoms with E-state index in [1.807, 2.05) is 65.5 Å². The Hall–Kier alpha value is -3.97. The molecule has 1 N–H and O–H groups in total. The van der Waals surface area contributed by atoms with E-state index >= 15 is 0 Å². The Labute approximate surface area is 225 Å². The van der Waals surface area contributed by atoms with Crippen LogP contribution in [0.15, 0.2) is 75.3 Å². The molecule has 0 saturated carbocycles. The third-order valence-electron chi connectivity index (χ3n) is 6.87. The molecule has 0 bridgehead atoms. The van der Waals surface area contributed by atoms with Crippen molar-refractivity contribution in [3.05, 3.63) is 98.4 Å². The van der Waals surface area contributed by atoms with E-state index in [0.717, 1.165) is 47.2 Å². The molecule has 38 heavy (non-hydrogen) atoms. The van der Waals surface area contributed by atoms with Crippen molar-refractivity contribution in [3.8, 4) is 0 Å². The van der Waals surface area contributed by atoms with Gasteiger partial charge in [0.15, 0.2) is 0 Å². The second-order valence-corrected chi connectivity index (χ2v) is 10.2. The third kappa shape index (κ3) is 5.34. The molecule has 3 aromatic heterocycles. The first kappa shape index (κ1) is 25.7. The Kier molecular flexibility index (Phi) is 7.56. The van der Waals surface area contributed by atoms with Gasteiger partial charge in [-0.05, 0) is 68.1 Å². The zero-order valence-electron chi connectivity index (χ0n) is 21.8. The zero-order valence-corrected chi connectivity index (χ0v) is 22.6. The fourth-order valence-electron chi connectivity index (χ4n) is 4.70. The van der Waals surface area contributed by atoms with Gasteiger partial charge < -0.3 is 14.6 Å². The van der Waals surface area contributed by atoms with E-state index < -0.39 is 0 Å². The molecule has 0 amide bonds. The zero-order chi connectivity index (χ0) is 26.6. The number of thiophene rings is 1. The molecule has 194 valence electrons. The first-order valence-corrected chi connectivity index (χ1v) is 13.7. The van der Waals surface area contributed by atoms with Crippen molar-refractivity contribution < 1.29 is 13.4 Å². The summed E-state index contributed by atoms with van der Waals surface area (Å²) in [6.07, 6.45) is 4.50. The smallest absolute Gasteiger partial charge is 0.343 e. The van der Waals surface area contributed by atoms with Crippen molar-refractivity contribution in [1.29, 1.82) is 0 Å². The normalized spacial score (nSPS) is 11.6. The monoisotopic (exact) mass is 528 g/mol. The number of nitrogens with zero attached hydrogens (tertiary/aromatic N) is 2. The molecule has 2 aromatic carbocycles. The van der Waals surface area contributed by atoms with Crippen LogP contribution in [-0.2, 0) is 13.5 Å². The number of fused-ring (bicyclic) bond motifs is 2. The highest BCUT2D eigenvalue weighted by atomic mass is 32.1. The van der Waals surface area contributed by atoms with Crippen molar-refractivity contribution in [2.24, 2.45) is 7.05 Å². The predicted octanol–water partition coefficient (Wildman–Crippen LogP) is 6.64. The molecule has 0 saturated heterocycles. The van der Waals surface area contributed by atoms with Gasteiger partial charge in [0.25, 0.3) is 0 Å². The molecular weight excluding hydrogens is 497 g/mol. The van der Waals surface area contributed by atoms with Crippen LogP contribution < -0.4 is 20.4 Å². The van der Waals surface area contributed by atoms with E-state index in [4.69, 9.17) is 4.42 Å². The summed E-state index contributed by atoms with van der Waals surface area (Å²) in [4.78, 5) is 16.2. The minimum absolute atomic E-state index is 0.273. The molecule has 0 unspecified atom stereocenters. The van der Waals surface area contributed by atoms with E-state index in [1.54, 1.807) is 23.5 Å². The summed E-state index contributed by atoms with van der Waals surface area (Å²) >= 11 is 1.70. The van der Waals surface area contributed by atoms with Gasteiger partial charge in [0, 0.05) is 65.2 Å². The topological polar surface area (TPSA) is 49.4 Å². The summed E-state index contributed by atoms with van der Waals surface area (Å²) in [7, 11) is 1.94. The summed E-state index contributed by atoms with van der Waals surface area (Å²) in [5.74, 6) is -0.273. The van der Waals surface area contributed by atoms with Crippen molar-refractivity contribution >= 4 is 56.7 Å². The third-order valence-corrected chi connectivity index (χ3v) is 7.81. The Bertz CT molecular complexity index is 1670. The molecule has 3 heterocycles. The minimum Gasteiger partial charge on any atom is -0.422 e. The van der Waals surface area contributed by atoms with Crippen LogP contribution in [0.5, 0.6) is 0 Å².